The molecule has 0 saturated heterocycles. The van der Waals surface area contributed by atoms with Gasteiger partial charge < -0.3 is 5.32 Å². The minimum Gasteiger partial charge on any atom is -0.313 e. The quantitative estimate of drug-likeness (QED) is 0.855. The maximum atomic E-state index is 5.89. The molecule has 0 atom stereocenters. The summed E-state index contributed by atoms with van der Waals surface area (Å²) < 4.78 is 0. The van der Waals surface area contributed by atoms with Crippen LogP contribution in [0.15, 0.2) is 48.5 Å². The monoisotopic (exact) mass is 245 g/mol. The van der Waals surface area contributed by atoms with Crippen molar-refractivity contribution >= 4 is 11.6 Å². The van der Waals surface area contributed by atoms with Gasteiger partial charge in [0.2, 0.25) is 0 Å². The standard InChI is InChI=1S/C15H16ClN/c1-2-17-11-12-4-3-5-14(10-12)13-6-8-15(16)9-7-13/h3-10,17H,2,11H2,1H3. The molecule has 0 unspecified atom stereocenters. The fraction of sp³-hybridized carbons (Fsp3) is 0.200. The SMILES string of the molecule is CCNCc1cccc(-c2ccc(Cl)cc2)c1. The molecule has 0 aliphatic carbocycles. The number of halogens is 1. The van der Waals surface area contributed by atoms with E-state index in [9.17, 15) is 0 Å². The molecule has 0 amide bonds. The lowest BCUT2D eigenvalue weighted by Gasteiger charge is -2.06. The average Bonchev–Trinajstić information content (AvgIpc) is 2.37. The van der Waals surface area contributed by atoms with Crippen molar-refractivity contribution in [2.24, 2.45) is 0 Å². The summed E-state index contributed by atoms with van der Waals surface area (Å²) in [5, 5.41) is 4.11. The van der Waals surface area contributed by atoms with Crippen molar-refractivity contribution in [3.63, 3.8) is 0 Å². The first-order chi connectivity index (χ1) is 8.29. The van der Waals surface area contributed by atoms with Gasteiger partial charge in [-0.05, 0) is 41.4 Å². The minimum absolute atomic E-state index is 0.776. The summed E-state index contributed by atoms with van der Waals surface area (Å²) in [5.74, 6) is 0. The summed E-state index contributed by atoms with van der Waals surface area (Å²) in [6.45, 7) is 4.02. The molecule has 0 spiro atoms. The first-order valence-electron chi connectivity index (χ1n) is 5.85. The third kappa shape index (κ3) is 3.32. The molecular formula is C15H16ClN. The van der Waals surface area contributed by atoms with Gasteiger partial charge in [-0.25, -0.2) is 0 Å². The van der Waals surface area contributed by atoms with Gasteiger partial charge in [0.15, 0.2) is 0 Å². The summed E-state index contributed by atoms with van der Waals surface area (Å²) in [6.07, 6.45) is 0. The van der Waals surface area contributed by atoms with Crippen molar-refractivity contribution in [1.82, 2.24) is 5.32 Å². The molecule has 0 radical (unpaired) electrons. The molecule has 0 saturated carbocycles. The van der Waals surface area contributed by atoms with Crippen LogP contribution in [0.5, 0.6) is 0 Å². The van der Waals surface area contributed by atoms with E-state index in [-0.39, 0.29) is 0 Å². The second kappa shape index (κ2) is 5.85. The zero-order chi connectivity index (χ0) is 12.1. The van der Waals surface area contributed by atoms with Crippen molar-refractivity contribution in [1.29, 1.82) is 0 Å². The van der Waals surface area contributed by atoms with Gasteiger partial charge >= 0.3 is 0 Å². The van der Waals surface area contributed by atoms with E-state index in [1.807, 2.05) is 12.1 Å². The zero-order valence-electron chi connectivity index (χ0n) is 9.91. The van der Waals surface area contributed by atoms with E-state index >= 15 is 0 Å². The highest BCUT2D eigenvalue weighted by atomic mass is 35.5. The van der Waals surface area contributed by atoms with Crippen LogP contribution in [-0.4, -0.2) is 6.54 Å². The summed E-state index contributed by atoms with van der Waals surface area (Å²) in [6, 6.07) is 16.5. The molecule has 0 aliphatic rings. The topological polar surface area (TPSA) is 12.0 Å². The Hall–Kier alpha value is -1.31. The van der Waals surface area contributed by atoms with Crippen LogP contribution in [0.2, 0.25) is 5.02 Å². The van der Waals surface area contributed by atoms with Gasteiger partial charge in [0.25, 0.3) is 0 Å². The Morgan fingerprint density at radius 3 is 2.47 bits per heavy atom. The van der Waals surface area contributed by atoms with Gasteiger partial charge in [-0.15, -0.1) is 0 Å². The van der Waals surface area contributed by atoms with Gasteiger partial charge in [0.1, 0.15) is 0 Å². The molecule has 2 rings (SSSR count). The molecule has 0 aliphatic heterocycles. The Labute approximate surface area is 107 Å². The third-order valence-electron chi connectivity index (χ3n) is 2.68. The Kier molecular flexibility index (Phi) is 4.18. The summed E-state index contributed by atoms with van der Waals surface area (Å²) in [5.41, 5.74) is 3.74. The number of rotatable bonds is 4. The lowest BCUT2D eigenvalue weighted by atomic mass is 10.0. The second-order valence-corrected chi connectivity index (χ2v) is 4.42. The molecule has 2 aromatic carbocycles. The van der Waals surface area contributed by atoms with Crippen molar-refractivity contribution in [3.05, 3.63) is 59.1 Å². The third-order valence-corrected chi connectivity index (χ3v) is 2.94. The van der Waals surface area contributed by atoms with Crippen LogP contribution in [0.4, 0.5) is 0 Å². The van der Waals surface area contributed by atoms with Gasteiger partial charge in [-0.1, -0.05) is 48.9 Å². The van der Waals surface area contributed by atoms with Crippen LogP contribution in [0.1, 0.15) is 12.5 Å². The highest BCUT2D eigenvalue weighted by Crippen LogP contribution is 2.22. The van der Waals surface area contributed by atoms with Gasteiger partial charge in [0.05, 0.1) is 0 Å². The summed E-state index contributed by atoms with van der Waals surface area (Å²) in [7, 11) is 0. The van der Waals surface area contributed by atoms with E-state index in [0.717, 1.165) is 18.1 Å². The molecule has 0 bridgehead atoms. The van der Waals surface area contributed by atoms with Crippen molar-refractivity contribution in [2.75, 3.05) is 6.54 Å². The van der Waals surface area contributed by atoms with Crippen molar-refractivity contribution in [2.45, 2.75) is 13.5 Å². The van der Waals surface area contributed by atoms with Crippen LogP contribution in [-0.2, 0) is 6.54 Å². The molecule has 2 heteroatoms. The van der Waals surface area contributed by atoms with Crippen LogP contribution in [0.25, 0.3) is 11.1 Å². The van der Waals surface area contributed by atoms with E-state index in [0.29, 0.717) is 0 Å². The predicted octanol–water partition coefficient (Wildman–Crippen LogP) is 4.12. The van der Waals surface area contributed by atoms with Gasteiger partial charge in [-0.3, -0.25) is 0 Å². The predicted molar refractivity (Wildman–Crippen MR) is 74.3 cm³/mol. The molecule has 2 aromatic rings. The average molecular weight is 246 g/mol. The lowest BCUT2D eigenvalue weighted by Crippen LogP contribution is -2.11. The van der Waals surface area contributed by atoms with Crippen molar-refractivity contribution < 1.29 is 0 Å². The highest BCUT2D eigenvalue weighted by molar-refractivity contribution is 6.30. The highest BCUT2D eigenvalue weighted by Gasteiger charge is 1.99. The molecule has 0 aromatic heterocycles. The Balaban J connectivity index is 2.23. The van der Waals surface area contributed by atoms with E-state index < -0.39 is 0 Å². The number of nitrogens with one attached hydrogen (secondary N) is 1. The minimum atomic E-state index is 0.776. The van der Waals surface area contributed by atoms with Gasteiger partial charge in [-0.2, -0.15) is 0 Å². The largest absolute Gasteiger partial charge is 0.313 e. The maximum absolute atomic E-state index is 5.89. The van der Waals surface area contributed by atoms with Crippen LogP contribution >= 0.6 is 11.6 Å². The van der Waals surface area contributed by atoms with E-state index in [1.165, 1.54) is 16.7 Å². The first-order valence-corrected chi connectivity index (χ1v) is 6.23. The number of hydrogen-bond acceptors (Lipinski definition) is 1. The molecular weight excluding hydrogens is 230 g/mol. The second-order valence-electron chi connectivity index (χ2n) is 3.99. The Morgan fingerprint density at radius 2 is 1.76 bits per heavy atom. The first kappa shape index (κ1) is 12.2. The Bertz CT molecular complexity index is 477. The molecule has 0 heterocycles. The summed E-state index contributed by atoms with van der Waals surface area (Å²) in [4.78, 5) is 0. The van der Waals surface area contributed by atoms with E-state index in [2.05, 4.69) is 48.6 Å². The van der Waals surface area contributed by atoms with Gasteiger partial charge in [0, 0.05) is 11.6 Å². The fourth-order valence-corrected chi connectivity index (χ4v) is 1.90. The van der Waals surface area contributed by atoms with E-state index in [4.69, 9.17) is 11.6 Å². The molecule has 1 nitrogen and oxygen atoms in total. The maximum Gasteiger partial charge on any atom is 0.0406 e. The summed E-state index contributed by atoms with van der Waals surface area (Å²) >= 11 is 5.89. The molecule has 1 N–H and O–H groups in total. The van der Waals surface area contributed by atoms with Crippen LogP contribution in [0.3, 0.4) is 0 Å². The zero-order valence-corrected chi connectivity index (χ0v) is 10.7. The van der Waals surface area contributed by atoms with Crippen LogP contribution < -0.4 is 5.32 Å². The van der Waals surface area contributed by atoms with Crippen LogP contribution in [0, 0.1) is 0 Å². The van der Waals surface area contributed by atoms with E-state index in [1.54, 1.807) is 0 Å². The lowest BCUT2D eigenvalue weighted by molar-refractivity contribution is 0.727. The molecule has 0 fully saturated rings. The Morgan fingerprint density at radius 1 is 1.00 bits per heavy atom. The number of hydrogen-bond donors (Lipinski definition) is 1. The number of benzene rings is 2. The molecule has 17 heavy (non-hydrogen) atoms. The molecule has 88 valence electrons. The normalized spacial score (nSPS) is 10.5. The fourth-order valence-electron chi connectivity index (χ4n) is 1.77. The van der Waals surface area contributed by atoms with Crippen molar-refractivity contribution in [3.8, 4) is 11.1 Å². The smallest absolute Gasteiger partial charge is 0.0406 e.